The van der Waals surface area contributed by atoms with Gasteiger partial charge >= 0.3 is 5.97 Å². The van der Waals surface area contributed by atoms with E-state index in [-0.39, 0.29) is 19.2 Å². The van der Waals surface area contributed by atoms with Crippen molar-refractivity contribution in [3.8, 4) is 0 Å². The second kappa shape index (κ2) is 36.8. The maximum Gasteiger partial charge on any atom is 0.306 e. The molecule has 0 aromatic carbocycles. The molecule has 316 valence electrons. The van der Waals surface area contributed by atoms with Crippen molar-refractivity contribution in [3.05, 3.63) is 0 Å². The molecule has 1 heterocycles. The van der Waals surface area contributed by atoms with Gasteiger partial charge in [0.1, 0.15) is 30.5 Å². The number of unbranched alkanes of at least 4 members (excludes halogenated alkanes) is 28. The van der Waals surface area contributed by atoms with Crippen molar-refractivity contribution in [2.24, 2.45) is 0 Å². The molecular weight excluding hydrogens is 672 g/mol. The van der Waals surface area contributed by atoms with Gasteiger partial charge in [0.15, 0.2) is 6.29 Å². The molecule has 4 N–H and O–H groups in total. The summed E-state index contributed by atoms with van der Waals surface area (Å²) >= 11 is 0. The standard InChI is InChI=1S/C44H86O9/c1-3-5-7-9-11-13-15-17-18-19-20-21-22-23-25-27-29-31-33-40(46)52-38(37-51-44-43(49)42(48)41(47)39(35-45)53-44)36-50-34-32-30-28-26-24-16-14-12-10-8-6-4-2/h38-39,41-45,47-49H,3-37H2,1-2H3. The monoisotopic (exact) mass is 759 g/mol. The van der Waals surface area contributed by atoms with Gasteiger partial charge in [-0.1, -0.05) is 194 Å². The zero-order valence-electron chi connectivity index (χ0n) is 34.5. The molecule has 1 saturated heterocycles. The zero-order valence-corrected chi connectivity index (χ0v) is 34.5. The van der Waals surface area contributed by atoms with E-state index in [4.69, 9.17) is 18.9 Å². The van der Waals surface area contributed by atoms with Crippen LogP contribution in [0.4, 0.5) is 0 Å². The van der Waals surface area contributed by atoms with Crippen LogP contribution in [0.25, 0.3) is 0 Å². The van der Waals surface area contributed by atoms with E-state index in [0.717, 1.165) is 32.1 Å². The smallest absolute Gasteiger partial charge is 0.306 e. The van der Waals surface area contributed by atoms with E-state index < -0.39 is 43.4 Å². The Bertz CT molecular complexity index is 782. The molecule has 0 radical (unpaired) electrons. The minimum absolute atomic E-state index is 0.105. The number of aliphatic hydroxyl groups excluding tert-OH is 4. The highest BCUT2D eigenvalue weighted by molar-refractivity contribution is 5.69. The second-order valence-electron chi connectivity index (χ2n) is 15.9. The Morgan fingerprint density at radius 2 is 0.925 bits per heavy atom. The van der Waals surface area contributed by atoms with Crippen LogP contribution in [-0.4, -0.2) is 89.6 Å². The van der Waals surface area contributed by atoms with Gasteiger partial charge in [0.05, 0.1) is 19.8 Å². The summed E-state index contributed by atoms with van der Waals surface area (Å²) in [7, 11) is 0. The summed E-state index contributed by atoms with van der Waals surface area (Å²) in [5, 5.41) is 40.1. The van der Waals surface area contributed by atoms with Crippen molar-refractivity contribution in [1.82, 2.24) is 0 Å². The zero-order chi connectivity index (χ0) is 38.6. The second-order valence-corrected chi connectivity index (χ2v) is 15.9. The van der Waals surface area contributed by atoms with Crippen LogP contribution in [0.1, 0.15) is 213 Å². The van der Waals surface area contributed by atoms with Crippen molar-refractivity contribution < 1.29 is 44.2 Å². The lowest BCUT2D eigenvalue weighted by Crippen LogP contribution is -2.59. The van der Waals surface area contributed by atoms with Gasteiger partial charge in [-0.3, -0.25) is 4.79 Å². The summed E-state index contributed by atoms with van der Waals surface area (Å²) in [4.78, 5) is 12.8. The van der Waals surface area contributed by atoms with Gasteiger partial charge in [0, 0.05) is 13.0 Å². The SMILES string of the molecule is CCCCCCCCCCCCCCCCCCCCC(=O)OC(COCCCCCCCCCCCCCC)COC1OC(CO)C(O)C(O)C1O. The van der Waals surface area contributed by atoms with Gasteiger partial charge < -0.3 is 39.4 Å². The van der Waals surface area contributed by atoms with E-state index in [9.17, 15) is 25.2 Å². The van der Waals surface area contributed by atoms with E-state index in [1.54, 1.807) is 0 Å². The minimum Gasteiger partial charge on any atom is -0.457 e. The van der Waals surface area contributed by atoms with E-state index in [2.05, 4.69) is 13.8 Å². The molecular formula is C44H86O9. The van der Waals surface area contributed by atoms with Gasteiger partial charge in [-0.05, 0) is 12.8 Å². The van der Waals surface area contributed by atoms with Crippen molar-refractivity contribution in [3.63, 3.8) is 0 Å². The van der Waals surface area contributed by atoms with E-state index >= 15 is 0 Å². The number of hydrogen-bond donors (Lipinski definition) is 4. The summed E-state index contributed by atoms with van der Waals surface area (Å²) in [6.45, 7) is 4.60. The van der Waals surface area contributed by atoms with Gasteiger partial charge in [0.25, 0.3) is 0 Å². The molecule has 0 amide bonds. The molecule has 1 aliphatic rings. The fraction of sp³-hybridized carbons (Fsp3) is 0.977. The first-order valence-corrected chi connectivity index (χ1v) is 22.6. The largest absolute Gasteiger partial charge is 0.457 e. The quantitative estimate of drug-likeness (QED) is 0.0357. The first-order chi connectivity index (χ1) is 25.9. The Hall–Kier alpha value is -0.810. The number of rotatable bonds is 39. The van der Waals surface area contributed by atoms with Gasteiger partial charge in [-0.25, -0.2) is 0 Å². The Kier molecular flexibility index (Phi) is 34.9. The number of hydrogen-bond acceptors (Lipinski definition) is 9. The third kappa shape index (κ3) is 28.3. The van der Waals surface area contributed by atoms with E-state index in [1.165, 1.54) is 161 Å². The van der Waals surface area contributed by atoms with Gasteiger partial charge in [-0.15, -0.1) is 0 Å². The van der Waals surface area contributed by atoms with Crippen LogP contribution in [0.15, 0.2) is 0 Å². The summed E-state index contributed by atoms with van der Waals surface area (Å²) in [6, 6.07) is 0. The lowest BCUT2D eigenvalue weighted by atomic mass is 9.99. The molecule has 6 unspecified atom stereocenters. The van der Waals surface area contributed by atoms with Crippen LogP contribution in [-0.2, 0) is 23.7 Å². The highest BCUT2D eigenvalue weighted by Crippen LogP contribution is 2.23. The number of carbonyl (C=O) groups is 1. The topological polar surface area (TPSA) is 135 Å². The van der Waals surface area contributed by atoms with Gasteiger partial charge in [0.2, 0.25) is 0 Å². The van der Waals surface area contributed by atoms with Crippen LogP contribution < -0.4 is 0 Å². The highest BCUT2D eigenvalue weighted by Gasteiger charge is 2.44. The normalized spacial score (nSPS) is 20.9. The van der Waals surface area contributed by atoms with Crippen LogP contribution in [0, 0.1) is 0 Å². The number of aliphatic hydroxyl groups is 4. The van der Waals surface area contributed by atoms with Crippen molar-refractivity contribution in [1.29, 1.82) is 0 Å². The average Bonchev–Trinajstić information content (AvgIpc) is 3.16. The third-order valence-corrected chi connectivity index (χ3v) is 10.8. The van der Waals surface area contributed by atoms with Crippen molar-refractivity contribution >= 4 is 5.97 Å². The van der Waals surface area contributed by atoms with Crippen LogP contribution in [0.5, 0.6) is 0 Å². The van der Waals surface area contributed by atoms with Crippen molar-refractivity contribution in [2.75, 3.05) is 26.4 Å². The Morgan fingerprint density at radius 1 is 0.528 bits per heavy atom. The number of ether oxygens (including phenoxy) is 4. The summed E-state index contributed by atoms with van der Waals surface area (Å²) in [6.07, 6.45) is 31.3. The van der Waals surface area contributed by atoms with E-state index in [1.807, 2.05) is 0 Å². The van der Waals surface area contributed by atoms with Gasteiger partial charge in [-0.2, -0.15) is 0 Å². The number of esters is 1. The molecule has 0 spiro atoms. The molecule has 0 aromatic heterocycles. The molecule has 6 atom stereocenters. The maximum atomic E-state index is 12.8. The molecule has 9 nitrogen and oxygen atoms in total. The fourth-order valence-electron chi connectivity index (χ4n) is 7.20. The Balaban J connectivity index is 2.23. The molecule has 1 rings (SSSR count). The summed E-state index contributed by atoms with van der Waals surface area (Å²) in [5.41, 5.74) is 0. The van der Waals surface area contributed by atoms with E-state index in [0.29, 0.717) is 13.0 Å². The molecule has 1 fully saturated rings. The number of carbonyl (C=O) groups excluding carboxylic acids is 1. The molecule has 0 aromatic rings. The molecule has 0 aliphatic carbocycles. The predicted molar refractivity (Wildman–Crippen MR) is 215 cm³/mol. The summed E-state index contributed by atoms with van der Waals surface area (Å²) in [5.74, 6) is -0.308. The molecule has 0 saturated carbocycles. The van der Waals surface area contributed by atoms with Crippen LogP contribution in [0.2, 0.25) is 0 Å². The third-order valence-electron chi connectivity index (χ3n) is 10.8. The van der Waals surface area contributed by atoms with Crippen LogP contribution in [0.3, 0.4) is 0 Å². The first-order valence-electron chi connectivity index (χ1n) is 22.6. The fourth-order valence-corrected chi connectivity index (χ4v) is 7.20. The maximum absolute atomic E-state index is 12.8. The molecule has 53 heavy (non-hydrogen) atoms. The molecule has 9 heteroatoms. The predicted octanol–water partition coefficient (Wildman–Crippen LogP) is 9.86. The Labute approximate surface area is 325 Å². The lowest BCUT2D eigenvalue weighted by Gasteiger charge is -2.39. The average molecular weight is 759 g/mol. The Morgan fingerprint density at radius 3 is 1.34 bits per heavy atom. The molecule has 1 aliphatic heterocycles. The molecule has 0 bridgehead atoms. The van der Waals surface area contributed by atoms with Crippen LogP contribution >= 0.6 is 0 Å². The lowest BCUT2D eigenvalue weighted by molar-refractivity contribution is -0.305. The van der Waals surface area contributed by atoms with Crippen molar-refractivity contribution in [2.45, 2.75) is 250 Å². The first kappa shape index (κ1) is 50.2. The summed E-state index contributed by atoms with van der Waals surface area (Å²) < 4.78 is 22.8. The minimum atomic E-state index is -1.53. The highest BCUT2D eigenvalue weighted by atomic mass is 16.7.